The number of carbonyl (C=O) groups is 2. The van der Waals surface area contributed by atoms with Crippen LogP contribution in [0.2, 0.25) is 0 Å². The summed E-state index contributed by atoms with van der Waals surface area (Å²) < 4.78 is 5.47. The Bertz CT molecular complexity index is 1190. The zero-order chi connectivity index (χ0) is 55.0. The molecule has 0 radical (unpaired) electrons. The Labute approximate surface area is 475 Å². The minimum Gasteiger partial charge on any atom is -0.466 e. The third-order valence-corrected chi connectivity index (χ3v) is 16.2. The van der Waals surface area contributed by atoms with E-state index in [0.29, 0.717) is 25.9 Å². The summed E-state index contributed by atoms with van der Waals surface area (Å²) in [5, 5.41) is 23.4. The van der Waals surface area contributed by atoms with Gasteiger partial charge >= 0.3 is 5.97 Å². The minimum atomic E-state index is -0.665. The van der Waals surface area contributed by atoms with Gasteiger partial charge in [-0.1, -0.05) is 321 Å². The van der Waals surface area contributed by atoms with E-state index >= 15 is 0 Å². The van der Waals surface area contributed by atoms with E-state index in [1.165, 1.54) is 308 Å². The summed E-state index contributed by atoms with van der Waals surface area (Å²) >= 11 is 0. The van der Waals surface area contributed by atoms with Crippen molar-refractivity contribution in [2.24, 2.45) is 0 Å². The van der Waals surface area contributed by atoms with Crippen LogP contribution in [0.4, 0.5) is 0 Å². The van der Waals surface area contributed by atoms with E-state index in [1.807, 2.05) is 0 Å². The van der Waals surface area contributed by atoms with Crippen molar-refractivity contribution in [1.82, 2.24) is 5.32 Å². The number of hydrogen-bond donors (Lipinski definition) is 3. The van der Waals surface area contributed by atoms with Crippen molar-refractivity contribution >= 4 is 11.9 Å². The largest absolute Gasteiger partial charge is 0.466 e. The molecule has 0 aromatic rings. The third kappa shape index (κ3) is 61.6. The molecule has 0 fully saturated rings. The van der Waals surface area contributed by atoms with E-state index in [0.717, 1.165) is 44.9 Å². The second-order valence-corrected chi connectivity index (χ2v) is 23.9. The van der Waals surface area contributed by atoms with Gasteiger partial charge in [0.2, 0.25) is 5.91 Å². The van der Waals surface area contributed by atoms with Crippen LogP contribution in [0, 0.1) is 0 Å². The fourth-order valence-electron chi connectivity index (χ4n) is 10.9. The molecule has 1 amide bonds. The molecule has 6 nitrogen and oxygen atoms in total. The molecule has 76 heavy (non-hydrogen) atoms. The lowest BCUT2D eigenvalue weighted by atomic mass is 10.0. The highest BCUT2D eigenvalue weighted by atomic mass is 16.5. The van der Waals surface area contributed by atoms with Gasteiger partial charge < -0.3 is 20.3 Å². The average Bonchev–Trinajstić information content (AvgIpc) is 3.42. The van der Waals surface area contributed by atoms with Crippen molar-refractivity contribution in [3.8, 4) is 0 Å². The Morgan fingerprint density at radius 3 is 0.961 bits per heavy atom. The second-order valence-electron chi connectivity index (χ2n) is 23.9. The first-order valence-corrected chi connectivity index (χ1v) is 34.6. The van der Waals surface area contributed by atoms with Gasteiger partial charge in [-0.2, -0.15) is 0 Å². The Morgan fingerprint density at radius 1 is 0.355 bits per heavy atom. The molecule has 0 aromatic heterocycles. The molecule has 3 N–H and O–H groups in total. The quantitative estimate of drug-likeness (QED) is 0.0320. The fraction of sp³-hybridized carbons (Fsp3) is 0.914. The van der Waals surface area contributed by atoms with Gasteiger partial charge in [0.05, 0.1) is 25.4 Å². The number of aliphatic hydroxyl groups excluding tert-OH is 2. The summed E-state index contributed by atoms with van der Waals surface area (Å²) in [4.78, 5) is 24.6. The zero-order valence-corrected chi connectivity index (χ0v) is 51.5. The highest BCUT2D eigenvalue weighted by molar-refractivity contribution is 5.76. The lowest BCUT2D eigenvalue weighted by Crippen LogP contribution is -2.45. The molecule has 0 heterocycles. The van der Waals surface area contributed by atoms with Crippen LogP contribution in [-0.2, 0) is 14.3 Å². The number of unbranched alkanes of at least 4 members (excludes halogenated alkanes) is 50. The predicted octanol–water partition coefficient (Wildman–Crippen LogP) is 22.1. The number of nitrogens with one attached hydrogen (secondary N) is 1. The fourth-order valence-corrected chi connectivity index (χ4v) is 10.9. The van der Waals surface area contributed by atoms with Crippen molar-refractivity contribution < 1.29 is 24.5 Å². The maximum absolute atomic E-state index is 12.5. The van der Waals surface area contributed by atoms with Crippen LogP contribution in [0.5, 0.6) is 0 Å². The maximum Gasteiger partial charge on any atom is 0.305 e. The topological polar surface area (TPSA) is 95.9 Å². The number of ether oxygens (including phenoxy) is 1. The molecule has 2 atom stereocenters. The lowest BCUT2D eigenvalue weighted by Gasteiger charge is -2.22. The van der Waals surface area contributed by atoms with E-state index in [-0.39, 0.29) is 18.5 Å². The maximum atomic E-state index is 12.5. The van der Waals surface area contributed by atoms with Gasteiger partial charge in [0.25, 0.3) is 0 Å². The SMILES string of the molecule is CCCCC/C=C\CCCCCCCC(=O)OCCCCCCCCCCCCCC/C=C\CCCCCCCCCCCCCC(=O)NC(CO)C(O)CCCCCCCCCCCCCCCCCCCCCC. The van der Waals surface area contributed by atoms with E-state index in [2.05, 4.69) is 43.5 Å². The molecule has 0 rings (SSSR count). The van der Waals surface area contributed by atoms with E-state index in [1.54, 1.807) is 0 Å². The molecule has 0 aliphatic heterocycles. The standard InChI is InChI=1S/C70H135NO5/c1-3-5-7-9-11-13-15-17-18-19-20-30-33-36-39-42-46-50-54-58-62-68(73)67(66-72)71-69(74)63-59-55-51-47-43-40-37-34-31-28-26-24-22-21-23-25-27-29-32-35-38-41-45-49-53-57-61-65-76-70(75)64-60-56-52-48-44-16-14-12-10-8-6-4-2/h12,14,21-22,67-68,72-73H,3-11,13,15-20,23-66H2,1-2H3,(H,71,74)/b14-12-,22-21-. The predicted molar refractivity (Wildman–Crippen MR) is 333 cm³/mol. The Hall–Kier alpha value is -1.66. The van der Waals surface area contributed by atoms with Crippen molar-refractivity contribution in [1.29, 1.82) is 0 Å². The zero-order valence-electron chi connectivity index (χ0n) is 51.5. The second kappa shape index (κ2) is 65.9. The molecule has 0 saturated carbocycles. The molecule has 0 aliphatic rings. The van der Waals surface area contributed by atoms with Gasteiger partial charge in [0, 0.05) is 12.8 Å². The van der Waals surface area contributed by atoms with Gasteiger partial charge in [-0.05, 0) is 77.0 Å². The Balaban J connectivity index is 3.39. The summed E-state index contributed by atoms with van der Waals surface area (Å²) in [6, 6.07) is -0.543. The first-order chi connectivity index (χ1) is 37.5. The molecule has 0 bridgehead atoms. The summed E-state index contributed by atoms with van der Waals surface area (Å²) in [5.41, 5.74) is 0. The van der Waals surface area contributed by atoms with E-state index in [4.69, 9.17) is 4.74 Å². The number of amides is 1. The van der Waals surface area contributed by atoms with Crippen molar-refractivity contribution in [2.75, 3.05) is 13.2 Å². The highest BCUT2D eigenvalue weighted by Gasteiger charge is 2.20. The normalized spacial score (nSPS) is 12.6. The number of aliphatic hydroxyl groups is 2. The van der Waals surface area contributed by atoms with Crippen LogP contribution in [0.3, 0.4) is 0 Å². The van der Waals surface area contributed by atoms with Gasteiger partial charge in [0.15, 0.2) is 0 Å². The molecule has 0 aromatic carbocycles. The molecule has 0 aliphatic carbocycles. The van der Waals surface area contributed by atoms with Crippen LogP contribution in [0.1, 0.15) is 386 Å². The van der Waals surface area contributed by atoms with Crippen molar-refractivity contribution in [3.05, 3.63) is 24.3 Å². The smallest absolute Gasteiger partial charge is 0.305 e. The first-order valence-electron chi connectivity index (χ1n) is 34.6. The van der Waals surface area contributed by atoms with Gasteiger partial charge in [0.1, 0.15) is 0 Å². The molecular formula is C70H135NO5. The molecule has 2 unspecified atom stereocenters. The van der Waals surface area contributed by atoms with Crippen molar-refractivity contribution in [2.45, 2.75) is 398 Å². The van der Waals surface area contributed by atoms with E-state index < -0.39 is 12.1 Å². The van der Waals surface area contributed by atoms with Crippen molar-refractivity contribution in [3.63, 3.8) is 0 Å². The lowest BCUT2D eigenvalue weighted by molar-refractivity contribution is -0.143. The Morgan fingerprint density at radius 2 is 0.618 bits per heavy atom. The molecule has 450 valence electrons. The monoisotopic (exact) mass is 1070 g/mol. The molecular weight excluding hydrogens is 935 g/mol. The third-order valence-electron chi connectivity index (χ3n) is 16.2. The van der Waals surface area contributed by atoms with Gasteiger partial charge in [-0.15, -0.1) is 0 Å². The van der Waals surface area contributed by atoms with E-state index in [9.17, 15) is 19.8 Å². The van der Waals surface area contributed by atoms with Crippen LogP contribution in [0.15, 0.2) is 24.3 Å². The van der Waals surface area contributed by atoms with Crippen LogP contribution < -0.4 is 5.32 Å². The summed E-state index contributed by atoms with van der Waals surface area (Å²) in [6.45, 7) is 4.96. The summed E-state index contributed by atoms with van der Waals surface area (Å²) in [5.74, 6) is -0.0262. The molecule has 6 heteroatoms. The molecule has 0 saturated heterocycles. The highest BCUT2D eigenvalue weighted by Crippen LogP contribution is 2.19. The average molecular weight is 1070 g/mol. The molecule has 0 spiro atoms. The Kier molecular flexibility index (Phi) is 64.4. The summed E-state index contributed by atoms with van der Waals surface area (Å²) in [6.07, 6.45) is 82.2. The number of hydrogen-bond acceptors (Lipinski definition) is 5. The van der Waals surface area contributed by atoms with Gasteiger partial charge in [-0.25, -0.2) is 0 Å². The van der Waals surface area contributed by atoms with Crippen LogP contribution >= 0.6 is 0 Å². The number of rotatable bonds is 65. The first kappa shape index (κ1) is 74.3. The van der Waals surface area contributed by atoms with Crippen LogP contribution in [0.25, 0.3) is 0 Å². The minimum absolute atomic E-state index is 0.00559. The van der Waals surface area contributed by atoms with Crippen LogP contribution in [-0.4, -0.2) is 47.4 Å². The number of carbonyl (C=O) groups excluding carboxylic acids is 2. The number of allylic oxidation sites excluding steroid dienone is 4. The number of esters is 1. The van der Waals surface area contributed by atoms with Gasteiger partial charge in [-0.3, -0.25) is 9.59 Å². The summed E-state index contributed by atoms with van der Waals surface area (Å²) in [7, 11) is 0.